The Morgan fingerprint density at radius 1 is 1.07 bits per heavy atom. The lowest BCUT2D eigenvalue weighted by molar-refractivity contribution is 0.0697. The van der Waals surface area contributed by atoms with Gasteiger partial charge in [0.25, 0.3) is 0 Å². The zero-order valence-corrected chi connectivity index (χ0v) is 16.0. The zero-order valence-electron chi connectivity index (χ0n) is 16.0. The number of aromatic carboxylic acids is 1. The van der Waals surface area contributed by atoms with Crippen LogP contribution in [0.15, 0.2) is 42.5 Å². The minimum atomic E-state index is -0.838. The number of benzene rings is 2. The molecule has 27 heavy (non-hydrogen) atoms. The van der Waals surface area contributed by atoms with Gasteiger partial charge in [0.15, 0.2) is 0 Å². The fourth-order valence-electron chi connectivity index (χ4n) is 6.11. The van der Waals surface area contributed by atoms with Crippen molar-refractivity contribution in [2.24, 2.45) is 17.8 Å². The summed E-state index contributed by atoms with van der Waals surface area (Å²) in [4.78, 5) is 11.8. The van der Waals surface area contributed by atoms with E-state index in [0.717, 1.165) is 11.6 Å². The Kier molecular flexibility index (Phi) is 3.82. The average molecular weight is 361 g/mol. The molecule has 5 atom stereocenters. The Morgan fingerprint density at radius 2 is 1.81 bits per heavy atom. The quantitative estimate of drug-likeness (QED) is 0.726. The van der Waals surface area contributed by atoms with E-state index in [1.807, 2.05) is 6.07 Å². The molecule has 3 heteroatoms. The average Bonchev–Trinajstić information content (AvgIpc) is 3.29. The number of anilines is 1. The standard InChI is InChI=1S/C24H27NO2/c1-13(2)14-6-8-15(9-7-14)22-21-17-11-10-16(12-17)20(21)18-4-3-5-19(24(26)27)23(18)25-22/h3-9,13,16-17,20-22,25H,10-12H2,1-2H3,(H,26,27)/t16-,17-,20-,21-,22-/m0/s1. The van der Waals surface area contributed by atoms with Crippen LogP contribution in [-0.2, 0) is 0 Å². The number of hydrogen-bond acceptors (Lipinski definition) is 2. The van der Waals surface area contributed by atoms with Crippen molar-refractivity contribution in [1.82, 2.24) is 0 Å². The van der Waals surface area contributed by atoms with Gasteiger partial charge in [-0.25, -0.2) is 4.79 Å². The summed E-state index contributed by atoms with van der Waals surface area (Å²) in [6, 6.07) is 15.0. The molecule has 140 valence electrons. The van der Waals surface area contributed by atoms with Gasteiger partial charge >= 0.3 is 5.97 Å². The molecule has 3 nitrogen and oxygen atoms in total. The lowest BCUT2D eigenvalue weighted by Gasteiger charge is -2.44. The summed E-state index contributed by atoms with van der Waals surface area (Å²) in [5.74, 6) is 2.22. The first-order valence-electron chi connectivity index (χ1n) is 10.3. The smallest absolute Gasteiger partial charge is 0.337 e. The Balaban J connectivity index is 1.62. The number of fused-ring (bicyclic) bond motifs is 7. The topological polar surface area (TPSA) is 49.3 Å². The number of carboxylic acids is 1. The van der Waals surface area contributed by atoms with Crippen molar-refractivity contribution >= 4 is 11.7 Å². The van der Waals surface area contributed by atoms with Crippen LogP contribution in [0.4, 0.5) is 5.69 Å². The normalized spacial score (nSPS) is 30.7. The summed E-state index contributed by atoms with van der Waals surface area (Å²) in [6.45, 7) is 4.43. The van der Waals surface area contributed by atoms with Crippen molar-refractivity contribution < 1.29 is 9.90 Å². The second-order valence-electron chi connectivity index (χ2n) is 8.95. The van der Waals surface area contributed by atoms with E-state index in [0.29, 0.717) is 29.2 Å². The minimum absolute atomic E-state index is 0.208. The molecule has 2 fully saturated rings. The molecule has 0 saturated heterocycles. The highest BCUT2D eigenvalue weighted by Crippen LogP contribution is 2.64. The molecule has 0 radical (unpaired) electrons. The molecule has 1 aliphatic heterocycles. The van der Waals surface area contributed by atoms with Crippen molar-refractivity contribution in [1.29, 1.82) is 0 Å². The fourth-order valence-corrected chi connectivity index (χ4v) is 6.11. The predicted molar refractivity (Wildman–Crippen MR) is 107 cm³/mol. The van der Waals surface area contributed by atoms with Crippen LogP contribution in [0.3, 0.4) is 0 Å². The molecule has 0 spiro atoms. The number of rotatable bonds is 3. The van der Waals surface area contributed by atoms with Crippen LogP contribution in [0.25, 0.3) is 0 Å². The van der Waals surface area contributed by atoms with E-state index in [-0.39, 0.29) is 6.04 Å². The van der Waals surface area contributed by atoms with E-state index < -0.39 is 5.97 Å². The van der Waals surface area contributed by atoms with Crippen LogP contribution >= 0.6 is 0 Å². The highest BCUT2D eigenvalue weighted by molar-refractivity contribution is 5.95. The summed E-state index contributed by atoms with van der Waals surface area (Å²) in [7, 11) is 0. The Hall–Kier alpha value is -2.29. The monoisotopic (exact) mass is 361 g/mol. The Bertz CT molecular complexity index is 886. The summed E-state index contributed by atoms with van der Waals surface area (Å²) in [5.41, 5.74) is 5.16. The van der Waals surface area contributed by atoms with Crippen LogP contribution in [-0.4, -0.2) is 11.1 Å². The third kappa shape index (κ3) is 2.51. The van der Waals surface area contributed by atoms with Crippen LogP contribution in [0.5, 0.6) is 0 Å². The molecule has 3 aliphatic rings. The van der Waals surface area contributed by atoms with Gasteiger partial charge in [-0.15, -0.1) is 0 Å². The number of nitrogens with one attached hydrogen (secondary N) is 1. The van der Waals surface area contributed by atoms with Gasteiger partial charge in [-0.1, -0.05) is 50.2 Å². The van der Waals surface area contributed by atoms with Gasteiger partial charge < -0.3 is 10.4 Å². The largest absolute Gasteiger partial charge is 0.478 e. The van der Waals surface area contributed by atoms with E-state index in [1.165, 1.54) is 36.0 Å². The molecule has 2 aliphatic carbocycles. The van der Waals surface area contributed by atoms with Gasteiger partial charge in [-0.3, -0.25) is 0 Å². The maximum absolute atomic E-state index is 11.8. The molecular weight excluding hydrogens is 334 g/mol. The summed E-state index contributed by atoms with van der Waals surface area (Å²) >= 11 is 0. The Labute approximate surface area is 160 Å². The SMILES string of the molecule is CC(C)c1ccc([C@@H]2Nc3c(C(=O)O)cccc3[C@@H]3[C@H]4CC[C@@H](C4)[C@@H]32)cc1. The molecule has 2 aromatic rings. The van der Waals surface area contributed by atoms with Crippen molar-refractivity contribution in [2.45, 2.75) is 51.0 Å². The van der Waals surface area contributed by atoms with E-state index in [2.05, 4.69) is 49.5 Å². The van der Waals surface area contributed by atoms with Gasteiger partial charge in [-0.05, 0) is 71.6 Å². The van der Waals surface area contributed by atoms with E-state index >= 15 is 0 Å². The van der Waals surface area contributed by atoms with Gasteiger partial charge in [-0.2, -0.15) is 0 Å². The van der Waals surface area contributed by atoms with Crippen LogP contribution < -0.4 is 5.32 Å². The molecule has 2 bridgehead atoms. The zero-order chi connectivity index (χ0) is 18.7. The third-order valence-corrected chi connectivity index (χ3v) is 7.31. The van der Waals surface area contributed by atoms with Crippen molar-refractivity contribution in [2.75, 3.05) is 5.32 Å². The molecule has 2 aromatic carbocycles. The minimum Gasteiger partial charge on any atom is -0.478 e. The molecule has 0 aromatic heterocycles. The lowest BCUT2D eigenvalue weighted by Crippen LogP contribution is -2.36. The van der Waals surface area contributed by atoms with Gasteiger partial charge in [0.1, 0.15) is 0 Å². The Morgan fingerprint density at radius 3 is 2.52 bits per heavy atom. The van der Waals surface area contributed by atoms with Gasteiger partial charge in [0, 0.05) is 0 Å². The maximum Gasteiger partial charge on any atom is 0.337 e. The molecule has 2 saturated carbocycles. The second kappa shape index (κ2) is 6.12. The van der Waals surface area contributed by atoms with Crippen LogP contribution in [0, 0.1) is 17.8 Å². The third-order valence-electron chi connectivity index (χ3n) is 7.31. The first-order valence-corrected chi connectivity index (χ1v) is 10.3. The van der Waals surface area contributed by atoms with Crippen molar-refractivity contribution in [3.8, 4) is 0 Å². The van der Waals surface area contributed by atoms with E-state index in [1.54, 1.807) is 6.07 Å². The van der Waals surface area contributed by atoms with E-state index in [4.69, 9.17) is 0 Å². The number of carboxylic acid groups (broad SMARTS) is 1. The van der Waals surface area contributed by atoms with Gasteiger partial charge in [0.2, 0.25) is 0 Å². The number of hydrogen-bond donors (Lipinski definition) is 2. The molecular formula is C24H27NO2. The fraction of sp³-hybridized carbons (Fsp3) is 0.458. The van der Waals surface area contributed by atoms with Crippen LogP contribution in [0.2, 0.25) is 0 Å². The molecule has 1 heterocycles. The molecule has 5 rings (SSSR count). The molecule has 0 unspecified atom stereocenters. The van der Waals surface area contributed by atoms with Crippen molar-refractivity contribution in [3.63, 3.8) is 0 Å². The van der Waals surface area contributed by atoms with Crippen LogP contribution in [0.1, 0.15) is 78.0 Å². The molecule has 2 N–H and O–H groups in total. The first kappa shape index (κ1) is 16.9. The highest BCUT2D eigenvalue weighted by Gasteiger charge is 2.54. The summed E-state index contributed by atoms with van der Waals surface area (Å²) in [5, 5.41) is 13.4. The predicted octanol–water partition coefficient (Wildman–Crippen LogP) is 5.80. The summed E-state index contributed by atoms with van der Waals surface area (Å²) < 4.78 is 0. The highest BCUT2D eigenvalue weighted by atomic mass is 16.4. The first-order chi connectivity index (χ1) is 13.0. The van der Waals surface area contributed by atoms with Crippen molar-refractivity contribution in [3.05, 3.63) is 64.7 Å². The number of para-hydroxylation sites is 1. The number of carbonyl (C=O) groups is 1. The maximum atomic E-state index is 11.8. The van der Waals surface area contributed by atoms with E-state index in [9.17, 15) is 9.90 Å². The van der Waals surface area contributed by atoms with Gasteiger partial charge in [0.05, 0.1) is 17.3 Å². The molecule has 0 amide bonds. The lowest BCUT2D eigenvalue weighted by atomic mass is 9.67. The second-order valence-corrected chi connectivity index (χ2v) is 8.95. The summed E-state index contributed by atoms with van der Waals surface area (Å²) in [6.07, 6.45) is 3.91.